The van der Waals surface area contributed by atoms with E-state index in [1.165, 1.54) is 0 Å². The second kappa shape index (κ2) is 16.2. The number of carbonyl (C=O) groups excluding carboxylic acids is 2. The number of furan rings is 1. The third kappa shape index (κ3) is 11.1. The fourth-order valence-electron chi connectivity index (χ4n) is 3.78. The maximum Gasteiger partial charge on any atom is 0.313 e. The Morgan fingerprint density at radius 1 is 1.02 bits per heavy atom. The van der Waals surface area contributed by atoms with E-state index in [1.807, 2.05) is 51.1 Å². The first-order valence-corrected chi connectivity index (χ1v) is 16.4. The maximum absolute atomic E-state index is 13.8. The molecule has 0 unspecified atom stereocenters. The minimum absolute atomic E-state index is 0.104. The Bertz CT molecular complexity index is 1420. The number of ketones is 1. The highest BCUT2D eigenvalue weighted by molar-refractivity contribution is 14.1. The van der Waals surface area contributed by atoms with Gasteiger partial charge in [-0.3, -0.25) is 18.0 Å². The van der Waals surface area contributed by atoms with E-state index in [1.54, 1.807) is 6.07 Å². The van der Waals surface area contributed by atoms with Crippen LogP contribution in [0.5, 0.6) is 5.75 Å². The summed E-state index contributed by atoms with van der Waals surface area (Å²) in [6.45, 7) is 13.5. The van der Waals surface area contributed by atoms with Gasteiger partial charge in [0.25, 0.3) is 0 Å². The zero-order valence-electron chi connectivity index (χ0n) is 23.4. The molecule has 1 atom stereocenters. The number of esters is 1. The average molecular weight is 813 g/mol. The molecule has 0 saturated carbocycles. The molecule has 1 heterocycles. The predicted molar refractivity (Wildman–Crippen MR) is 169 cm³/mol. The van der Waals surface area contributed by atoms with E-state index in [4.69, 9.17) is 31.4 Å². The molecule has 0 fully saturated rings. The Kier molecular flexibility index (Phi) is 14.0. The van der Waals surface area contributed by atoms with Crippen molar-refractivity contribution in [1.82, 2.24) is 4.90 Å². The van der Waals surface area contributed by atoms with E-state index in [0.29, 0.717) is 34.5 Å². The number of fused-ring (bicyclic) bond motifs is 1. The fraction of sp³-hybridized carbons (Fsp3) is 0.429. The zero-order valence-corrected chi connectivity index (χ0v) is 28.6. The lowest BCUT2D eigenvalue weighted by Crippen LogP contribution is -2.28. The summed E-state index contributed by atoms with van der Waals surface area (Å²) in [5.41, 5.74) is 1.50. The van der Waals surface area contributed by atoms with Crippen LogP contribution in [0.2, 0.25) is 0 Å². The minimum Gasteiger partial charge on any atom is -0.759 e. The van der Waals surface area contributed by atoms with E-state index in [-0.39, 0.29) is 24.2 Å². The lowest BCUT2D eigenvalue weighted by molar-refractivity contribution is -0.149. The molecule has 0 amide bonds. The largest absolute Gasteiger partial charge is 0.759 e. The number of halogens is 2. The van der Waals surface area contributed by atoms with Gasteiger partial charge in [0.05, 0.1) is 12.7 Å². The first-order valence-electron chi connectivity index (χ1n) is 12.9. The average Bonchev–Trinajstić information content (AvgIpc) is 3.23. The lowest BCUT2D eigenvalue weighted by atomic mass is 9.99. The Morgan fingerprint density at radius 2 is 1.59 bits per heavy atom. The summed E-state index contributed by atoms with van der Waals surface area (Å²) < 4.78 is 53.4. The Morgan fingerprint density at radius 3 is 2.12 bits per heavy atom. The van der Waals surface area contributed by atoms with E-state index in [0.717, 1.165) is 32.5 Å². The molecule has 0 radical (unpaired) electrons. The zero-order chi connectivity index (χ0) is 30.9. The van der Waals surface area contributed by atoms with Crippen molar-refractivity contribution in [2.75, 3.05) is 26.2 Å². The molecular weight excluding hydrogens is 780 g/mol. The van der Waals surface area contributed by atoms with E-state index in [2.05, 4.69) is 63.9 Å². The molecule has 41 heavy (non-hydrogen) atoms. The van der Waals surface area contributed by atoms with Crippen LogP contribution in [0.4, 0.5) is 0 Å². The fourth-order valence-corrected chi connectivity index (χ4v) is 5.86. The Labute approximate surface area is 268 Å². The molecule has 0 saturated heterocycles. The van der Waals surface area contributed by atoms with Crippen molar-refractivity contribution in [3.63, 3.8) is 0 Å². The molecule has 0 aliphatic rings. The summed E-state index contributed by atoms with van der Waals surface area (Å²) in [7, 11) is -5.17. The number of nitrogens with zero attached hydrogens (tertiary/aromatic N) is 1. The summed E-state index contributed by atoms with van der Waals surface area (Å²) in [6.07, 6.45) is -0.327. The quantitative estimate of drug-likeness (QED) is 0.0767. The molecule has 3 rings (SSSR count). The molecule has 1 aromatic heterocycles. The monoisotopic (exact) mass is 813 g/mol. The molecule has 2 aromatic carbocycles. The summed E-state index contributed by atoms with van der Waals surface area (Å²) in [5.74, 6) is 0.702. The number of likely N-dealkylation sites (N-methyl/N-ethyl adjacent to an activating group) is 1. The number of rotatable bonds is 12. The molecule has 226 valence electrons. The normalized spacial score (nSPS) is 12.3. The number of carbonyl (C=O) groups is 2. The third-order valence-electron chi connectivity index (χ3n) is 6.27. The van der Waals surface area contributed by atoms with Gasteiger partial charge in [-0.15, -0.1) is 0 Å². The SMILES string of the molecule is CCN(CC)CCOc1c(I)cc(C(=O)c2c(CC(=O)O[C@H](C)C(C)C)oc3ccccc23)cc1I.O=S(=O)([O-])[O-]. The van der Waals surface area contributed by atoms with E-state index >= 15 is 0 Å². The van der Waals surface area contributed by atoms with Crippen molar-refractivity contribution >= 4 is 78.3 Å². The van der Waals surface area contributed by atoms with Gasteiger partial charge in [-0.2, -0.15) is 0 Å². The molecule has 0 aliphatic carbocycles. The van der Waals surface area contributed by atoms with Gasteiger partial charge >= 0.3 is 5.97 Å². The third-order valence-corrected chi connectivity index (χ3v) is 7.87. The highest BCUT2D eigenvalue weighted by atomic mass is 127. The van der Waals surface area contributed by atoms with Crippen LogP contribution in [-0.4, -0.2) is 66.5 Å². The van der Waals surface area contributed by atoms with E-state index in [9.17, 15) is 9.59 Å². The summed E-state index contributed by atoms with van der Waals surface area (Å²) >= 11 is 4.42. The van der Waals surface area contributed by atoms with Crippen LogP contribution in [0, 0.1) is 13.1 Å². The van der Waals surface area contributed by atoms with Gasteiger partial charge in [-0.1, -0.05) is 45.9 Å². The van der Waals surface area contributed by atoms with Crippen LogP contribution in [0.25, 0.3) is 11.0 Å². The van der Waals surface area contributed by atoms with Crippen molar-refractivity contribution in [2.45, 2.75) is 47.1 Å². The van der Waals surface area contributed by atoms with Crippen molar-refractivity contribution in [3.05, 3.63) is 60.4 Å². The van der Waals surface area contributed by atoms with Crippen LogP contribution < -0.4 is 4.74 Å². The summed E-state index contributed by atoms with van der Waals surface area (Å²) in [5, 5.41) is 0.687. The molecule has 3 aromatic rings. The van der Waals surface area contributed by atoms with Gasteiger partial charge in [0.2, 0.25) is 0 Å². The highest BCUT2D eigenvalue weighted by Gasteiger charge is 2.26. The van der Waals surface area contributed by atoms with Crippen molar-refractivity contribution in [2.24, 2.45) is 5.92 Å². The molecule has 0 spiro atoms. The molecular formula is C28H33I2NO9S-2. The molecule has 13 heteroatoms. The van der Waals surface area contributed by atoms with Crippen LogP contribution >= 0.6 is 45.2 Å². The van der Waals surface area contributed by atoms with Gasteiger partial charge in [0, 0.05) is 27.9 Å². The second-order valence-corrected chi connectivity index (χ2v) is 12.5. The Balaban J connectivity index is 0.00000108. The van der Waals surface area contributed by atoms with Gasteiger partial charge in [0.15, 0.2) is 5.78 Å². The predicted octanol–water partition coefficient (Wildman–Crippen LogP) is 5.39. The molecule has 0 bridgehead atoms. The van der Waals surface area contributed by atoms with Crippen LogP contribution in [0.15, 0.2) is 40.8 Å². The number of para-hydroxylation sites is 1. The minimum atomic E-state index is -5.17. The smallest absolute Gasteiger partial charge is 0.313 e. The topological polar surface area (TPSA) is 149 Å². The van der Waals surface area contributed by atoms with Crippen LogP contribution in [-0.2, 0) is 26.4 Å². The second-order valence-electron chi connectivity index (χ2n) is 9.39. The van der Waals surface area contributed by atoms with Crippen molar-refractivity contribution in [3.8, 4) is 5.75 Å². The first-order chi connectivity index (χ1) is 19.2. The number of ether oxygens (including phenoxy) is 2. The van der Waals surface area contributed by atoms with Crippen molar-refractivity contribution in [1.29, 1.82) is 0 Å². The standard InChI is InChI=1S/C28H33I2NO5.H2O4S/c1-6-31(7-2)12-13-34-28-21(29)14-19(15-22(28)30)27(33)26-20-10-8-9-11-23(20)36-24(26)16-25(32)35-18(5)17(3)4;1-5(2,3)4/h8-11,14-15,17-18H,6-7,12-13,16H2,1-5H3;(H2,1,2,3,4)/p-2/t18-;/m1./s1. The van der Waals surface area contributed by atoms with E-state index < -0.39 is 16.4 Å². The summed E-state index contributed by atoms with van der Waals surface area (Å²) in [6, 6.07) is 11.0. The number of benzene rings is 2. The highest BCUT2D eigenvalue weighted by Crippen LogP contribution is 2.33. The number of hydrogen-bond acceptors (Lipinski definition) is 10. The van der Waals surface area contributed by atoms with Gasteiger partial charge in [-0.05, 0) is 89.3 Å². The van der Waals surface area contributed by atoms with Gasteiger partial charge in [-0.25, -0.2) is 0 Å². The van der Waals surface area contributed by atoms with Crippen LogP contribution in [0.1, 0.15) is 56.3 Å². The first kappa shape index (κ1) is 35.4. The lowest BCUT2D eigenvalue weighted by Gasteiger charge is -2.19. The van der Waals surface area contributed by atoms with Crippen LogP contribution in [0.3, 0.4) is 0 Å². The Hall–Kier alpha value is -1.79. The molecule has 10 nitrogen and oxygen atoms in total. The maximum atomic E-state index is 13.8. The number of hydrogen-bond donors (Lipinski definition) is 0. The molecule has 0 N–H and O–H groups in total. The van der Waals surface area contributed by atoms with Gasteiger partial charge < -0.3 is 27.9 Å². The van der Waals surface area contributed by atoms with Crippen molar-refractivity contribution < 1.29 is 41.0 Å². The van der Waals surface area contributed by atoms with Gasteiger partial charge in [0.1, 0.15) is 36.2 Å². The molecule has 0 aliphatic heterocycles. The summed E-state index contributed by atoms with van der Waals surface area (Å²) in [4.78, 5) is 28.7.